The van der Waals surface area contributed by atoms with Gasteiger partial charge >= 0.3 is 0 Å². The molecule has 12 heteroatoms. The zero-order chi connectivity index (χ0) is 23.0. The van der Waals surface area contributed by atoms with Gasteiger partial charge in [0.25, 0.3) is 21.8 Å². The molecule has 0 atom stereocenters. The number of carbonyl (C=O) groups is 1. The maximum Gasteiger partial charge on any atom is 0.267 e. The number of sulfonamides is 1. The van der Waals surface area contributed by atoms with Crippen molar-refractivity contribution in [1.82, 2.24) is 10.1 Å². The molecule has 0 aliphatic heterocycles. The van der Waals surface area contributed by atoms with Crippen LogP contribution in [0.1, 0.15) is 26.5 Å². The van der Waals surface area contributed by atoms with Crippen molar-refractivity contribution in [2.75, 3.05) is 10.0 Å². The number of anilines is 2. The normalized spacial score (nSPS) is 11.5. The predicted octanol–water partition coefficient (Wildman–Crippen LogP) is 5.02. The summed E-state index contributed by atoms with van der Waals surface area (Å²) in [4.78, 5) is 17.1. The lowest BCUT2D eigenvalue weighted by Crippen LogP contribution is -2.19. The number of carbonyl (C=O) groups excluding carboxylic acids is 1. The first-order valence-corrected chi connectivity index (χ1v) is 12.0. The number of rotatable bonds is 6. The van der Waals surface area contributed by atoms with E-state index in [0.29, 0.717) is 22.8 Å². The number of halogens is 1. The minimum Gasteiger partial charge on any atom is -0.444 e. The zero-order valence-electron chi connectivity index (χ0n) is 17.1. The standard InChI is InChI=1S/C20H17ClN4O5S2/c1-10-8-11(2)16(13(9-10)19-22-5-6-29-19)23-18(26)17-14(4-7-31-17)32(27,28)25-20-15(21)12(3)24-30-20/h4-9,25H,1-3H3,(H,23,26). The summed E-state index contributed by atoms with van der Waals surface area (Å²) in [7, 11) is -4.17. The van der Waals surface area contributed by atoms with Gasteiger partial charge in [-0.2, -0.15) is 0 Å². The number of aryl methyl sites for hydroxylation is 3. The molecule has 1 aromatic carbocycles. The first-order chi connectivity index (χ1) is 15.2. The van der Waals surface area contributed by atoms with Gasteiger partial charge in [-0.1, -0.05) is 22.8 Å². The molecule has 0 bridgehead atoms. The molecule has 4 rings (SSSR count). The third kappa shape index (κ3) is 4.14. The highest BCUT2D eigenvalue weighted by Crippen LogP contribution is 2.34. The Kier molecular flexibility index (Phi) is 5.80. The molecule has 0 aliphatic carbocycles. The number of oxazole rings is 1. The lowest BCUT2D eigenvalue weighted by atomic mass is 10.0. The Morgan fingerprint density at radius 3 is 2.66 bits per heavy atom. The SMILES string of the molecule is Cc1cc(C)c(NC(=O)c2sccc2S(=O)(=O)Nc2onc(C)c2Cl)c(-c2ncco2)c1. The van der Waals surface area contributed by atoms with Crippen LogP contribution in [0.25, 0.3) is 11.5 Å². The van der Waals surface area contributed by atoms with Crippen molar-refractivity contribution in [2.45, 2.75) is 25.7 Å². The molecule has 0 unspecified atom stereocenters. The molecule has 0 fully saturated rings. The smallest absolute Gasteiger partial charge is 0.267 e. The molecule has 0 radical (unpaired) electrons. The minimum absolute atomic E-state index is 0.0109. The number of nitrogens with zero attached hydrogens (tertiary/aromatic N) is 2. The van der Waals surface area contributed by atoms with Crippen LogP contribution < -0.4 is 10.0 Å². The average Bonchev–Trinajstić information content (AvgIpc) is 3.48. The van der Waals surface area contributed by atoms with Gasteiger partial charge in [0.2, 0.25) is 5.89 Å². The van der Waals surface area contributed by atoms with Gasteiger partial charge < -0.3 is 14.3 Å². The number of benzene rings is 1. The largest absolute Gasteiger partial charge is 0.444 e. The topological polar surface area (TPSA) is 127 Å². The molecule has 166 valence electrons. The summed E-state index contributed by atoms with van der Waals surface area (Å²) in [6, 6.07) is 5.05. The molecule has 4 aromatic rings. The molecular formula is C20H17ClN4O5S2. The Labute approximate surface area is 192 Å². The highest BCUT2D eigenvalue weighted by atomic mass is 35.5. The maximum absolute atomic E-state index is 13.1. The molecule has 0 saturated carbocycles. The molecule has 3 heterocycles. The van der Waals surface area contributed by atoms with Gasteiger partial charge in [0, 0.05) is 0 Å². The second-order valence-electron chi connectivity index (χ2n) is 6.93. The fraction of sp³-hybridized carbons (Fsp3) is 0.150. The zero-order valence-corrected chi connectivity index (χ0v) is 19.5. The molecule has 0 spiro atoms. The molecule has 3 aromatic heterocycles. The minimum atomic E-state index is -4.17. The van der Waals surface area contributed by atoms with E-state index in [1.807, 2.05) is 26.0 Å². The molecule has 9 nitrogen and oxygen atoms in total. The number of hydrogen-bond donors (Lipinski definition) is 2. The molecule has 0 saturated heterocycles. The van der Waals surface area contributed by atoms with Gasteiger partial charge in [-0.15, -0.1) is 11.3 Å². The van der Waals surface area contributed by atoms with Gasteiger partial charge in [-0.25, -0.2) is 18.1 Å². The van der Waals surface area contributed by atoms with E-state index in [2.05, 4.69) is 20.2 Å². The second kappa shape index (κ2) is 8.41. The van der Waals surface area contributed by atoms with Crippen molar-refractivity contribution in [3.05, 3.63) is 62.8 Å². The monoisotopic (exact) mass is 492 g/mol. The highest BCUT2D eigenvalue weighted by Gasteiger charge is 2.28. The molecule has 32 heavy (non-hydrogen) atoms. The Morgan fingerprint density at radius 2 is 2.00 bits per heavy atom. The van der Waals surface area contributed by atoms with Crippen molar-refractivity contribution in [1.29, 1.82) is 0 Å². The van der Waals surface area contributed by atoms with Gasteiger partial charge in [-0.05, 0) is 49.4 Å². The third-order valence-electron chi connectivity index (χ3n) is 4.52. The van der Waals surface area contributed by atoms with Crippen molar-refractivity contribution < 1.29 is 22.2 Å². The van der Waals surface area contributed by atoms with Crippen LogP contribution in [0, 0.1) is 20.8 Å². The maximum atomic E-state index is 13.1. The number of hydrogen-bond acceptors (Lipinski definition) is 8. The lowest BCUT2D eigenvalue weighted by Gasteiger charge is -2.14. The number of aromatic nitrogens is 2. The van der Waals surface area contributed by atoms with Crippen LogP contribution in [-0.4, -0.2) is 24.5 Å². The van der Waals surface area contributed by atoms with Crippen molar-refractivity contribution in [2.24, 2.45) is 0 Å². The lowest BCUT2D eigenvalue weighted by molar-refractivity contribution is 0.102. The van der Waals surface area contributed by atoms with E-state index in [9.17, 15) is 13.2 Å². The second-order valence-corrected chi connectivity index (χ2v) is 9.87. The van der Waals surface area contributed by atoms with Crippen LogP contribution in [0.2, 0.25) is 5.02 Å². The number of thiophene rings is 1. The fourth-order valence-electron chi connectivity index (χ4n) is 3.10. The quantitative estimate of drug-likeness (QED) is 0.386. The van der Waals surface area contributed by atoms with Crippen LogP contribution >= 0.6 is 22.9 Å². The summed E-state index contributed by atoms with van der Waals surface area (Å²) in [6.07, 6.45) is 2.94. The van der Waals surface area contributed by atoms with Crippen LogP contribution in [0.3, 0.4) is 0 Å². The van der Waals surface area contributed by atoms with Crippen LogP contribution in [-0.2, 0) is 10.0 Å². The van der Waals surface area contributed by atoms with E-state index in [1.165, 1.54) is 23.9 Å². The summed E-state index contributed by atoms with van der Waals surface area (Å²) < 4.78 is 38.4. The van der Waals surface area contributed by atoms with E-state index in [0.717, 1.165) is 22.5 Å². The van der Waals surface area contributed by atoms with Crippen molar-refractivity contribution in [3.63, 3.8) is 0 Å². The van der Waals surface area contributed by atoms with Gasteiger partial charge in [0.1, 0.15) is 26.8 Å². The Balaban J connectivity index is 1.68. The van der Waals surface area contributed by atoms with E-state index in [-0.39, 0.29) is 20.7 Å². The van der Waals surface area contributed by atoms with Crippen LogP contribution in [0.5, 0.6) is 0 Å². The van der Waals surface area contributed by atoms with Gasteiger partial charge in [0.05, 0.1) is 17.4 Å². The van der Waals surface area contributed by atoms with E-state index < -0.39 is 15.9 Å². The number of nitrogens with one attached hydrogen (secondary N) is 2. The Bertz CT molecular complexity index is 1410. The van der Waals surface area contributed by atoms with Crippen molar-refractivity contribution in [3.8, 4) is 11.5 Å². The van der Waals surface area contributed by atoms with Crippen molar-refractivity contribution >= 4 is 50.4 Å². The average molecular weight is 493 g/mol. The summed E-state index contributed by atoms with van der Waals surface area (Å²) in [6.45, 7) is 5.32. The first-order valence-electron chi connectivity index (χ1n) is 9.22. The van der Waals surface area contributed by atoms with Crippen LogP contribution in [0.15, 0.2) is 49.9 Å². The predicted molar refractivity (Wildman–Crippen MR) is 121 cm³/mol. The Morgan fingerprint density at radius 1 is 1.22 bits per heavy atom. The van der Waals surface area contributed by atoms with E-state index in [1.54, 1.807) is 6.92 Å². The van der Waals surface area contributed by atoms with Gasteiger partial charge in [-0.3, -0.25) is 4.79 Å². The molecule has 2 N–H and O–H groups in total. The number of amides is 1. The fourth-order valence-corrected chi connectivity index (χ4v) is 5.59. The summed E-state index contributed by atoms with van der Waals surface area (Å²) in [5.41, 5.74) is 3.12. The summed E-state index contributed by atoms with van der Waals surface area (Å²) >= 11 is 6.99. The summed E-state index contributed by atoms with van der Waals surface area (Å²) in [5, 5.41) is 7.98. The van der Waals surface area contributed by atoms with E-state index >= 15 is 0 Å². The Hall–Kier alpha value is -3.15. The first kappa shape index (κ1) is 22.1. The molecular weight excluding hydrogens is 476 g/mol. The van der Waals surface area contributed by atoms with Crippen LogP contribution in [0.4, 0.5) is 11.6 Å². The van der Waals surface area contributed by atoms with E-state index in [4.69, 9.17) is 20.5 Å². The molecule has 1 amide bonds. The summed E-state index contributed by atoms with van der Waals surface area (Å²) in [5.74, 6) is -0.481. The molecule has 0 aliphatic rings. The highest BCUT2D eigenvalue weighted by molar-refractivity contribution is 7.93. The van der Waals surface area contributed by atoms with Gasteiger partial charge in [0.15, 0.2) is 0 Å². The third-order valence-corrected chi connectivity index (χ3v) is 7.38.